The summed E-state index contributed by atoms with van der Waals surface area (Å²) in [6.07, 6.45) is 0.835. The number of imidazole rings is 1. The molecule has 1 saturated heterocycles. The van der Waals surface area contributed by atoms with Crippen molar-refractivity contribution < 1.29 is 19.4 Å². The quantitative estimate of drug-likeness (QED) is 0.508. The number of para-hydroxylation sites is 2. The van der Waals surface area contributed by atoms with E-state index in [1.807, 2.05) is 24.3 Å². The van der Waals surface area contributed by atoms with Crippen LogP contribution in [0.4, 0.5) is 0 Å². The van der Waals surface area contributed by atoms with E-state index >= 15 is 0 Å². The maximum Gasteiger partial charge on any atom is 0.335 e. The van der Waals surface area contributed by atoms with Crippen molar-refractivity contribution in [1.82, 2.24) is 9.97 Å². The fraction of sp³-hybridized carbons (Fsp3) is 0.312. The van der Waals surface area contributed by atoms with E-state index in [4.69, 9.17) is 9.47 Å². The predicted octanol–water partition coefficient (Wildman–Crippen LogP) is 2.08. The van der Waals surface area contributed by atoms with Gasteiger partial charge in [-0.05, 0) is 25.0 Å². The minimum atomic E-state index is -0.584. The van der Waals surface area contributed by atoms with Gasteiger partial charge < -0.3 is 19.6 Å². The highest BCUT2D eigenvalue weighted by Gasteiger charge is 2.25. The summed E-state index contributed by atoms with van der Waals surface area (Å²) in [6.45, 7) is 0.142. The Bertz CT molecular complexity index is 764. The van der Waals surface area contributed by atoms with Crippen LogP contribution in [0.1, 0.15) is 18.7 Å². The summed E-state index contributed by atoms with van der Waals surface area (Å²) in [7, 11) is 0. The van der Waals surface area contributed by atoms with Crippen molar-refractivity contribution in [3.63, 3.8) is 0 Å². The molecule has 0 aliphatic carbocycles. The number of ether oxygens (including phenoxy) is 2. The number of benzene rings is 1. The Hall–Kier alpha value is -2.85. The SMILES string of the molecule is N#C/C(=C(/O)COC(=O)[C@@H]1CCCO1)c1nc2ccccc2[nH]1. The number of fused-ring (bicyclic) bond motifs is 1. The number of carbonyl (C=O) groups excluding carboxylic acids is 1. The number of aliphatic hydroxyl groups is 1. The Labute approximate surface area is 132 Å². The average Bonchev–Trinajstić information content (AvgIpc) is 3.22. The molecule has 0 unspecified atom stereocenters. The van der Waals surface area contributed by atoms with Crippen LogP contribution in [-0.4, -0.2) is 40.4 Å². The van der Waals surface area contributed by atoms with E-state index in [-0.39, 0.29) is 17.2 Å². The molecule has 7 nitrogen and oxygen atoms in total. The van der Waals surface area contributed by atoms with Crippen molar-refractivity contribution >= 4 is 22.6 Å². The molecule has 0 bridgehead atoms. The molecule has 0 saturated carbocycles. The third-order valence-electron chi connectivity index (χ3n) is 3.57. The molecule has 1 aromatic heterocycles. The minimum absolute atomic E-state index is 0.0543. The Balaban J connectivity index is 1.76. The Kier molecular flexibility index (Phi) is 4.26. The number of hydrogen-bond acceptors (Lipinski definition) is 6. The molecule has 118 valence electrons. The Morgan fingerprint density at radius 2 is 2.35 bits per heavy atom. The number of nitrogens with zero attached hydrogens (tertiary/aromatic N) is 2. The minimum Gasteiger partial charge on any atom is -0.507 e. The molecule has 0 amide bonds. The van der Waals surface area contributed by atoms with E-state index < -0.39 is 18.7 Å². The first kappa shape index (κ1) is 15.1. The maximum atomic E-state index is 11.8. The summed E-state index contributed by atoms with van der Waals surface area (Å²) >= 11 is 0. The topological polar surface area (TPSA) is 108 Å². The molecule has 7 heteroatoms. The molecule has 1 atom stereocenters. The van der Waals surface area contributed by atoms with Crippen molar-refractivity contribution in [2.75, 3.05) is 13.2 Å². The number of hydrogen-bond donors (Lipinski definition) is 2. The molecule has 1 fully saturated rings. The van der Waals surface area contributed by atoms with Crippen molar-refractivity contribution in [3.05, 3.63) is 35.8 Å². The summed E-state index contributed by atoms with van der Waals surface area (Å²) in [5.74, 6) is -0.645. The van der Waals surface area contributed by atoms with E-state index in [2.05, 4.69) is 9.97 Å². The Morgan fingerprint density at radius 3 is 3.04 bits per heavy atom. The van der Waals surface area contributed by atoms with E-state index in [1.165, 1.54) is 0 Å². The van der Waals surface area contributed by atoms with Crippen LogP contribution in [0.2, 0.25) is 0 Å². The van der Waals surface area contributed by atoms with Gasteiger partial charge in [-0.1, -0.05) is 12.1 Å². The molecule has 1 aliphatic heterocycles. The zero-order valence-electron chi connectivity index (χ0n) is 12.3. The predicted molar refractivity (Wildman–Crippen MR) is 81.2 cm³/mol. The number of aromatic amines is 1. The summed E-state index contributed by atoms with van der Waals surface area (Å²) in [6, 6.07) is 9.15. The molecular weight excluding hydrogens is 298 g/mol. The lowest BCUT2D eigenvalue weighted by Gasteiger charge is -2.09. The molecular formula is C16H15N3O4. The van der Waals surface area contributed by atoms with Gasteiger partial charge in [0.05, 0.1) is 11.0 Å². The second kappa shape index (κ2) is 6.50. The number of aromatic nitrogens is 2. The number of H-pyrrole nitrogens is 1. The van der Waals surface area contributed by atoms with Crippen LogP contribution in [0.5, 0.6) is 0 Å². The lowest BCUT2D eigenvalue weighted by molar-refractivity contribution is -0.153. The number of rotatable bonds is 4. The van der Waals surface area contributed by atoms with Crippen LogP contribution in [0.25, 0.3) is 16.6 Å². The molecule has 1 aromatic carbocycles. The monoisotopic (exact) mass is 313 g/mol. The van der Waals surface area contributed by atoms with E-state index in [1.54, 1.807) is 6.07 Å². The number of nitrogens with one attached hydrogen (secondary N) is 1. The molecule has 0 spiro atoms. The molecule has 2 aromatic rings. The number of aliphatic hydroxyl groups excluding tert-OH is 1. The maximum absolute atomic E-state index is 11.8. The highest BCUT2D eigenvalue weighted by molar-refractivity contribution is 5.83. The highest BCUT2D eigenvalue weighted by Crippen LogP contribution is 2.19. The zero-order valence-corrected chi connectivity index (χ0v) is 12.3. The summed E-state index contributed by atoms with van der Waals surface area (Å²) in [4.78, 5) is 19.0. The van der Waals surface area contributed by atoms with Crippen LogP contribution in [0.15, 0.2) is 30.0 Å². The summed E-state index contributed by atoms with van der Waals surface area (Å²) in [5, 5.41) is 19.3. The van der Waals surface area contributed by atoms with Crippen molar-refractivity contribution in [3.8, 4) is 6.07 Å². The first-order valence-corrected chi connectivity index (χ1v) is 7.24. The molecule has 23 heavy (non-hydrogen) atoms. The van der Waals surface area contributed by atoms with Crippen LogP contribution >= 0.6 is 0 Å². The number of allylic oxidation sites excluding steroid dienone is 1. The third kappa shape index (κ3) is 3.17. The van der Waals surface area contributed by atoms with E-state index in [0.29, 0.717) is 18.5 Å². The summed E-state index contributed by atoms with van der Waals surface area (Å²) < 4.78 is 10.2. The van der Waals surface area contributed by atoms with Crippen LogP contribution < -0.4 is 0 Å². The molecule has 2 N–H and O–H groups in total. The van der Waals surface area contributed by atoms with Gasteiger partial charge in [-0.3, -0.25) is 0 Å². The molecule has 2 heterocycles. The number of carbonyl (C=O) groups is 1. The smallest absolute Gasteiger partial charge is 0.335 e. The van der Waals surface area contributed by atoms with Gasteiger partial charge in [0.25, 0.3) is 0 Å². The fourth-order valence-corrected chi connectivity index (χ4v) is 2.39. The largest absolute Gasteiger partial charge is 0.507 e. The fourth-order valence-electron chi connectivity index (χ4n) is 2.39. The van der Waals surface area contributed by atoms with Crippen LogP contribution in [0, 0.1) is 11.3 Å². The van der Waals surface area contributed by atoms with E-state index in [0.717, 1.165) is 11.9 Å². The lowest BCUT2D eigenvalue weighted by Crippen LogP contribution is -2.23. The van der Waals surface area contributed by atoms with Crippen LogP contribution in [-0.2, 0) is 14.3 Å². The van der Waals surface area contributed by atoms with Gasteiger partial charge >= 0.3 is 5.97 Å². The summed E-state index contributed by atoms with van der Waals surface area (Å²) in [5.41, 5.74) is 1.38. The van der Waals surface area contributed by atoms with Crippen molar-refractivity contribution in [2.45, 2.75) is 18.9 Å². The van der Waals surface area contributed by atoms with Gasteiger partial charge in [0.15, 0.2) is 17.7 Å². The second-order valence-corrected chi connectivity index (χ2v) is 5.15. The van der Waals surface area contributed by atoms with Gasteiger partial charge in [0.1, 0.15) is 18.2 Å². The van der Waals surface area contributed by atoms with Crippen LogP contribution in [0.3, 0.4) is 0 Å². The van der Waals surface area contributed by atoms with Gasteiger partial charge in [-0.2, -0.15) is 5.26 Å². The first-order chi connectivity index (χ1) is 11.2. The van der Waals surface area contributed by atoms with E-state index in [9.17, 15) is 15.2 Å². The molecule has 1 aliphatic rings. The zero-order chi connectivity index (χ0) is 16.2. The third-order valence-corrected chi connectivity index (χ3v) is 3.57. The molecule has 0 radical (unpaired) electrons. The van der Waals surface area contributed by atoms with Gasteiger partial charge in [-0.25, -0.2) is 9.78 Å². The van der Waals surface area contributed by atoms with Gasteiger partial charge in [-0.15, -0.1) is 0 Å². The average molecular weight is 313 g/mol. The second-order valence-electron chi connectivity index (χ2n) is 5.15. The normalized spacial score (nSPS) is 18.5. The lowest BCUT2D eigenvalue weighted by atomic mass is 10.2. The first-order valence-electron chi connectivity index (χ1n) is 7.24. The highest BCUT2D eigenvalue weighted by atomic mass is 16.6. The van der Waals surface area contributed by atoms with Gasteiger partial charge in [0.2, 0.25) is 0 Å². The molecule has 3 rings (SSSR count). The van der Waals surface area contributed by atoms with Crippen molar-refractivity contribution in [1.29, 1.82) is 5.26 Å². The van der Waals surface area contributed by atoms with Gasteiger partial charge in [0, 0.05) is 6.61 Å². The Morgan fingerprint density at radius 1 is 1.52 bits per heavy atom. The standard InChI is InChI=1S/C16H15N3O4/c17-8-10(15-18-11-4-1-2-5-12(11)19-15)13(20)9-23-16(21)14-6-3-7-22-14/h1-2,4-5,14,20H,3,6-7,9H2,(H,18,19)/b13-10-/t14-/m0/s1. The number of esters is 1. The van der Waals surface area contributed by atoms with Crippen molar-refractivity contribution in [2.24, 2.45) is 0 Å². The number of nitriles is 1.